The number of phenols is 1. The SMILES string of the molecule is Cc1cc([N+](=O)[O-])cc(/C=N/NC(=O)/C(=C\c2ccc(N(C)C)cc2)NC(=O)c2ccccc2Cl)c1O. The zero-order valence-corrected chi connectivity index (χ0v) is 21.0. The summed E-state index contributed by atoms with van der Waals surface area (Å²) in [7, 11) is 3.79. The van der Waals surface area contributed by atoms with Gasteiger partial charge >= 0.3 is 0 Å². The van der Waals surface area contributed by atoms with E-state index >= 15 is 0 Å². The molecular formula is C26H24ClN5O5. The van der Waals surface area contributed by atoms with Gasteiger partial charge in [-0.05, 0) is 48.4 Å². The van der Waals surface area contributed by atoms with Crippen LogP contribution in [0.1, 0.15) is 27.0 Å². The molecule has 0 aliphatic carbocycles. The molecule has 3 rings (SSSR count). The van der Waals surface area contributed by atoms with Gasteiger partial charge in [-0.15, -0.1) is 0 Å². The van der Waals surface area contributed by atoms with Gasteiger partial charge in [0.1, 0.15) is 11.4 Å². The first-order valence-electron chi connectivity index (χ1n) is 10.9. The summed E-state index contributed by atoms with van der Waals surface area (Å²) >= 11 is 6.12. The molecule has 3 aromatic carbocycles. The van der Waals surface area contributed by atoms with E-state index in [2.05, 4.69) is 15.8 Å². The molecule has 0 aromatic heterocycles. The van der Waals surface area contributed by atoms with Gasteiger partial charge in [-0.25, -0.2) is 5.43 Å². The summed E-state index contributed by atoms with van der Waals surface area (Å²) in [5, 5.41) is 27.9. The zero-order chi connectivity index (χ0) is 27.1. The summed E-state index contributed by atoms with van der Waals surface area (Å²) in [5.74, 6) is -1.59. The highest BCUT2D eigenvalue weighted by Crippen LogP contribution is 2.26. The molecule has 3 aromatic rings. The van der Waals surface area contributed by atoms with Crippen molar-refractivity contribution >= 4 is 47.1 Å². The number of non-ortho nitro benzene ring substituents is 1. The summed E-state index contributed by atoms with van der Waals surface area (Å²) in [4.78, 5) is 38.2. The van der Waals surface area contributed by atoms with Crippen molar-refractivity contribution in [3.05, 3.63) is 104 Å². The van der Waals surface area contributed by atoms with Crippen LogP contribution in [0.25, 0.3) is 6.08 Å². The maximum Gasteiger partial charge on any atom is 0.287 e. The first kappa shape index (κ1) is 26.9. The van der Waals surface area contributed by atoms with Crippen LogP contribution in [0.5, 0.6) is 5.75 Å². The Morgan fingerprint density at radius 2 is 1.78 bits per heavy atom. The predicted molar refractivity (Wildman–Crippen MR) is 143 cm³/mol. The van der Waals surface area contributed by atoms with E-state index in [1.54, 1.807) is 30.3 Å². The highest BCUT2D eigenvalue weighted by Gasteiger charge is 2.17. The molecule has 0 aliphatic rings. The number of halogens is 1. The van der Waals surface area contributed by atoms with E-state index in [1.807, 2.05) is 31.1 Å². The number of benzene rings is 3. The molecule has 0 bridgehead atoms. The first-order chi connectivity index (χ1) is 17.6. The topological polar surface area (TPSA) is 137 Å². The van der Waals surface area contributed by atoms with Gasteiger partial charge in [-0.3, -0.25) is 19.7 Å². The molecule has 0 aliphatic heterocycles. The third-order valence-corrected chi connectivity index (χ3v) is 5.56. The Morgan fingerprint density at radius 3 is 2.41 bits per heavy atom. The van der Waals surface area contributed by atoms with Crippen LogP contribution in [-0.4, -0.2) is 42.2 Å². The molecule has 0 saturated carbocycles. The van der Waals surface area contributed by atoms with Crippen LogP contribution in [-0.2, 0) is 4.79 Å². The van der Waals surface area contributed by atoms with Crippen molar-refractivity contribution in [2.24, 2.45) is 5.10 Å². The lowest BCUT2D eigenvalue weighted by molar-refractivity contribution is -0.384. The van der Waals surface area contributed by atoms with Crippen LogP contribution >= 0.6 is 11.6 Å². The van der Waals surface area contributed by atoms with Gasteiger partial charge in [-0.1, -0.05) is 35.9 Å². The number of aryl methyl sites for hydroxylation is 1. The average molecular weight is 522 g/mol. The molecule has 0 fully saturated rings. The fourth-order valence-corrected chi connectivity index (χ4v) is 3.46. The van der Waals surface area contributed by atoms with Crippen LogP contribution in [0.3, 0.4) is 0 Å². The molecule has 0 unspecified atom stereocenters. The summed E-state index contributed by atoms with van der Waals surface area (Å²) in [6.07, 6.45) is 2.54. The van der Waals surface area contributed by atoms with Gasteiger partial charge in [0.25, 0.3) is 17.5 Å². The number of aromatic hydroxyl groups is 1. The van der Waals surface area contributed by atoms with Crippen molar-refractivity contribution in [3.63, 3.8) is 0 Å². The van der Waals surface area contributed by atoms with E-state index < -0.39 is 16.7 Å². The van der Waals surface area contributed by atoms with E-state index in [1.165, 1.54) is 25.1 Å². The molecule has 0 saturated heterocycles. The number of phenolic OH excluding ortho intramolecular Hbond substituents is 1. The summed E-state index contributed by atoms with van der Waals surface area (Å²) in [6, 6.07) is 16.0. The number of hydrogen-bond donors (Lipinski definition) is 3. The molecular weight excluding hydrogens is 498 g/mol. The lowest BCUT2D eigenvalue weighted by Crippen LogP contribution is -2.33. The number of nitro groups is 1. The normalized spacial score (nSPS) is 11.3. The molecule has 0 spiro atoms. The van der Waals surface area contributed by atoms with Crippen molar-refractivity contribution in [2.45, 2.75) is 6.92 Å². The first-order valence-corrected chi connectivity index (χ1v) is 11.3. The second kappa shape index (κ2) is 11.8. The van der Waals surface area contributed by atoms with Crippen molar-refractivity contribution in [2.75, 3.05) is 19.0 Å². The zero-order valence-electron chi connectivity index (χ0n) is 20.2. The summed E-state index contributed by atoms with van der Waals surface area (Å²) < 4.78 is 0. The minimum absolute atomic E-state index is 0.0388. The van der Waals surface area contributed by atoms with E-state index in [9.17, 15) is 24.8 Å². The number of nitrogens with one attached hydrogen (secondary N) is 2. The largest absolute Gasteiger partial charge is 0.507 e. The van der Waals surface area contributed by atoms with Gasteiger partial charge in [0, 0.05) is 37.5 Å². The number of carbonyl (C=O) groups is 2. The molecule has 0 radical (unpaired) electrons. The third-order valence-electron chi connectivity index (χ3n) is 5.23. The number of hydrazone groups is 1. The van der Waals surface area contributed by atoms with Gasteiger partial charge in [0.2, 0.25) is 0 Å². The second-order valence-electron chi connectivity index (χ2n) is 8.13. The van der Waals surface area contributed by atoms with Crippen molar-refractivity contribution < 1.29 is 19.6 Å². The Morgan fingerprint density at radius 1 is 1.11 bits per heavy atom. The Bertz CT molecular complexity index is 1400. The molecule has 37 heavy (non-hydrogen) atoms. The lowest BCUT2D eigenvalue weighted by atomic mass is 10.1. The van der Waals surface area contributed by atoms with Crippen molar-refractivity contribution in [3.8, 4) is 5.75 Å². The Labute approximate surface area is 218 Å². The smallest absolute Gasteiger partial charge is 0.287 e. The second-order valence-corrected chi connectivity index (χ2v) is 8.54. The van der Waals surface area contributed by atoms with Gasteiger partial charge in [-0.2, -0.15) is 5.10 Å². The van der Waals surface area contributed by atoms with Crippen molar-refractivity contribution in [1.82, 2.24) is 10.7 Å². The fourth-order valence-electron chi connectivity index (χ4n) is 3.24. The molecule has 2 amide bonds. The van der Waals surface area contributed by atoms with Crippen LogP contribution in [0.2, 0.25) is 5.02 Å². The monoisotopic (exact) mass is 521 g/mol. The molecule has 3 N–H and O–H groups in total. The fraction of sp³-hybridized carbons (Fsp3) is 0.115. The lowest BCUT2D eigenvalue weighted by Gasteiger charge is -2.13. The number of rotatable bonds is 8. The summed E-state index contributed by atoms with van der Waals surface area (Å²) in [5.41, 5.74) is 3.97. The highest BCUT2D eigenvalue weighted by molar-refractivity contribution is 6.34. The van der Waals surface area contributed by atoms with E-state index in [-0.39, 0.29) is 38.8 Å². The Balaban J connectivity index is 1.89. The molecule has 0 atom stereocenters. The number of anilines is 1. The third kappa shape index (κ3) is 6.92. The minimum atomic E-state index is -0.769. The molecule has 10 nitrogen and oxygen atoms in total. The van der Waals surface area contributed by atoms with Gasteiger partial charge < -0.3 is 15.3 Å². The Kier molecular flexibility index (Phi) is 8.59. The van der Waals surface area contributed by atoms with E-state index in [0.717, 1.165) is 18.0 Å². The van der Waals surface area contributed by atoms with Crippen LogP contribution in [0.15, 0.2) is 71.5 Å². The number of nitrogens with zero attached hydrogens (tertiary/aromatic N) is 3. The van der Waals surface area contributed by atoms with E-state index in [0.29, 0.717) is 5.56 Å². The maximum atomic E-state index is 13.0. The number of nitro benzene ring substituents is 1. The van der Waals surface area contributed by atoms with Crippen LogP contribution in [0, 0.1) is 17.0 Å². The van der Waals surface area contributed by atoms with Crippen LogP contribution in [0.4, 0.5) is 11.4 Å². The van der Waals surface area contributed by atoms with Crippen molar-refractivity contribution in [1.29, 1.82) is 0 Å². The average Bonchev–Trinajstić information content (AvgIpc) is 2.86. The quantitative estimate of drug-likeness (QED) is 0.175. The number of carbonyl (C=O) groups excluding carboxylic acids is 2. The molecule has 190 valence electrons. The van der Waals surface area contributed by atoms with Gasteiger partial charge in [0.15, 0.2) is 0 Å². The molecule has 11 heteroatoms. The maximum absolute atomic E-state index is 13.0. The highest BCUT2D eigenvalue weighted by atomic mass is 35.5. The van der Waals surface area contributed by atoms with Gasteiger partial charge in [0.05, 0.1) is 21.7 Å². The minimum Gasteiger partial charge on any atom is -0.507 e. The standard InChI is InChI=1S/C26H24ClN5O5/c1-16-12-20(32(36)37)14-18(24(16)33)15-28-30-26(35)23(13-17-8-10-19(11-9-17)31(2)3)29-25(34)21-6-4-5-7-22(21)27/h4-15,33H,1-3H3,(H,29,34)(H,30,35)/b23-13+,28-15+. The number of hydrogen-bond acceptors (Lipinski definition) is 7. The predicted octanol–water partition coefficient (Wildman–Crippen LogP) is 4.25. The van der Waals surface area contributed by atoms with Crippen LogP contribution < -0.4 is 15.6 Å². The molecule has 0 heterocycles. The number of amides is 2. The Hall–Kier alpha value is -4.70. The summed E-state index contributed by atoms with van der Waals surface area (Å²) in [6.45, 7) is 1.50. The van der Waals surface area contributed by atoms with E-state index in [4.69, 9.17) is 11.6 Å².